The Balaban J connectivity index is 2.19. The summed E-state index contributed by atoms with van der Waals surface area (Å²) in [7, 11) is 0. The van der Waals surface area contributed by atoms with Gasteiger partial charge in [-0.2, -0.15) is 0 Å². The van der Waals surface area contributed by atoms with E-state index in [2.05, 4.69) is 48.3 Å². The van der Waals surface area contributed by atoms with Crippen LogP contribution < -0.4 is 0 Å². The van der Waals surface area contributed by atoms with E-state index < -0.39 is 0 Å². The molecular weight excluding hydrogens is 230 g/mol. The molecule has 0 bridgehead atoms. The molecule has 1 aliphatic rings. The Morgan fingerprint density at radius 3 is 2.74 bits per heavy atom. The van der Waals surface area contributed by atoms with Crippen molar-refractivity contribution in [2.75, 3.05) is 0 Å². The molecule has 0 unspecified atom stereocenters. The first-order chi connectivity index (χ1) is 9.40. The molecule has 0 atom stereocenters. The Labute approximate surface area is 115 Å². The Kier molecular flexibility index (Phi) is 3.45. The number of fused-ring (bicyclic) bond motifs is 2. The molecule has 1 heterocycles. The number of hydrogen-bond acceptors (Lipinski definition) is 1. The van der Waals surface area contributed by atoms with Gasteiger partial charge in [-0.3, -0.25) is 4.98 Å². The molecule has 1 aromatic carbocycles. The van der Waals surface area contributed by atoms with Gasteiger partial charge in [0, 0.05) is 11.8 Å². The number of aromatic nitrogens is 1. The molecule has 0 radical (unpaired) electrons. The van der Waals surface area contributed by atoms with Crippen LogP contribution in [-0.2, 0) is 12.8 Å². The van der Waals surface area contributed by atoms with E-state index in [4.69, 9.17) is 0 Å². The Bertz CT molecular complexity index is 561. The van der Waals surface area contributed by atoms with Crippen LogP contribution in [0.2, 0.25) is 0 Å². The Morgan fingerprint density at radius 2 is 1.84 bits per heavy atom. The first kappa shape index (κ1) is 12.2. The summed E-state index contributed by atoms with van der Waals surface area (Å²) in [5.74, 6) is 0. The van der Waals surface area contributed by atoms with Crippen molar-refractivity contribution in [1.82, 2.24) is 4.98 Å². The highest BCUT2D eigenvalue weighted by Crippen LogP contribution is 2.32. The van der Waals surface area contributed by atoms with E-state index in [1.807, 2.05) is 12.3 Å². The first-order valence-corrected chi connectivity index (χ1v) is 7.13. The van der Waals surface area contributed by atoms with E-state index >= 15 is 0 Å². The van der Waals surface area contributed by atoms with Crippen LogP contribution in [0.4, 0.5) is 0 Å². The summed E-state index contributed by atoms with van der Waals surface area (Å²) in [6.07, 6.45) is 8.75. The fraction of sp³-hybridized carbons (Fsp3) is 0.278. The molecule has 3 rings (SSSR count). The van der Waals surface area contributed by atoms with Crippen molar-refractivity contribution < 1.29 is 0 Å². The predicted octanol–water partition coefficient (Wildman–Crippen LogP) is 4.41. The summed E-state index contributed by atoms with van der Waals surface area (Å²) in [6, 6.07) is 13.0. The van der Waals surface area contributed by atoms with E-state index in [0.717, 1.165) is 19.3 Å². The van der Waals surface area contributed by atoms with Gasteiger partial charge in [-0.1, -0.05) is 49.8 Å². The lowest BCUT2D eigenvalue weighted by Gasteiger charge is -2.10. The minimum atomic E-state index is 1.09. The van der Waals surface area contributed by atoms with Crippen LogP contribution in [0.5, 0.6) is 0 Å². The van der Waals surface area contributed by atoms with Crippen LogP contribution >= 0.6 is 0 Å². The smallest absolute Gasteiger partial charge is 0.0736 e. The lowest BCUT2D eigenvalue weighted by molar-refractivity contribution is 0.954. The van der Waals surface area contributed by atoms with E-state index in [0.29, 0.717) is 0 Å². The van der Waals surface area contributed by atoms with Crippen molar-refractivity contribution in [3.8, 4) is 0 Å². The lowest BCUT2D eigenvalue weighted by Crippen LogP contribution is -1.95. The number of unbranched alkanes of at least 4 members (excludes halogenated alkanes) is 1. The predicted molar refractivity (Wildman–Crippen MR) is 80.1 cm³/mol. The third kappa shape index (κ3) is 2.33. The first-order valence-electron chi connectivity index (χ1n) is 7.13. The molecule has 0 amide bonds. The van der Waals surface area contributed by atoms with Crippen LogP contribution in [-0.4, -0.2) is 4.98 Å². The second kappa shape index (κ2) is 5.40. The zero-order chi connectivity index (χ0) is 13.1. The molecule has 0 spiro atoms. The van der Waals surface area contributed by atoms with E-state index in [1.54, 1.807) is 0 Å². The molecule has 1 heteroatoms. The normalized spacial score (nSPS) is 15.7. The van der Waals surface area contributed by atoms with E-state index in [1.165, 1.54) is 34.4 Å². The molecule has 0 N–H and O–H groups in total. The monoisotopic (exact) mass is 249 g/mol. The van der Waals surface area contributed by atoms with Crippen molar-refractivity contribution in [2.45, 2.75) is 32.6 Å². The van der Waals surface area contributed by atoms with Crippen LogP contribution in [0.15, 0.2) is 48.7 Å². The summed E-state index contributed by atoms with van der Waals surface area (Å²) in [5, 5.41) is 0. The maximum absolute atomic E-state index is 4.64. The number of nitrogens with zero attached hydrogens (tertiary/aromatic N) is 1. The number of rotatable bonds is 2. The third-order valence-electron chi connectivity index (χ3n) is 3.75. The largest absolute Gasteiger partial charge is 0.256 e. The number of pyridine rings is 1. The van der Waals surface area contributed by atoms with Crippen molar-refractivity contribution in [1.29, 1.82) is 0 Å². The van der Waals surface area contributed by atoms with Gasteiger partial charge in [-0.05, 0) is 42.0 Å². The Morgan fingerprint density at radius 1 is 1.05 bits per heavy atom. The van der Waals surface area contributed by atoms with E-state index in [-0.39, 0.29) is 0 Å². The highest BCUT2D eigenvalue weighted by molar-refractivity contribution is 5.82. The minimum Gasteiger partial charge on any atom is -0.256 e. The molecule has 96 valence electrons. The van der Waals surface area contributed by atoms with Gasteiger partial charge < -0.3 is 0 Å². The highest BCUT2D eigenvalue weighted by atomic mass is 14.7. The topological polar surface area (TPSA) is 12.9 Å². The fourth-order valence-electron chi connectivity index (χ4n) is 2.78. The highest BCUT2D eigenvalue weighted by Gasteiger charge is 2.17. The van der Waals surface area contributed by atoms with Gasteiger partial charge >= 0.3 is 0 Å². The average Bonchev–Trinajstić information content (AvgIpc) is 2.62. The van der Waals surface area contributed by atoms with Gasteiger partial charge in [0.2, 0.25) is 0 Å². The van der Waals surface area contributed by atoms with Crippen molar-refractivity contribution in [3.05, 3.63) is 71.1 Å². The van der Waals surface area contributed by atoms with Gasteiger partial charge in [0.15, 0.2) is 0 Å². The van der Waals surface area contributed by atoms with Gasteiger partial charge in [0.1, 0.15) is 0 Å². The van der Waals surface area contributed by atoms with Crippen LogP contribution in [0.25, 0.3) is 5.57 Å². The maximum atomic E-state index is 4.64. The SMILES string of the molecule is CCC/C=C1\c2ccccc2CCc2cccnc21. The minimum absolute atomic E-state index is 1.09. The Hall–Kier alpha value is -1.89. The zero-order valence-corrected chi connectivity index (χ0v) is 11.4. The fourth-order valence-corrected chi connectivity index (χ4v) is 2.78. The number of benzene rings is 1. The van der Waals surface area contributed by atoms with Gasteiger partial charge in [-0.25, -0.2) is 0 Å². The van der Waals surface area contributed by atoms with Crippen molar-refractivity contribution in [3.63, 3.8) is 0 Å². The summed E-state index contributed by atoms with van der Waals surface area (Å²) in [5.41, 5.74) is 6.70. The molecule has 19 heavy (non-hydrogen) atoms. The summed E-state index contributed by atoms with van der Waals surface area (Å²) < 4.78 is 0. The number of hydrogen-bond donors (Lipinski definition) is 0. The van der Waals surface area contributed by atoms with Crippen LogP contribution in [0, 0.1) is 0 Å². The summed E-state index contributed by atoms with van der Waals surface area (Å²) in [4.78, 5) is 4.64. The lowest BCUT2D eigenvalue weighted by atomic mass is 9.96. The molecule has 1 aromatic heterocycles. The van der Waals surface area contributed by atoms with Gasteiger partial charge in [0.05, 0.1) is 5.69 Å². The molecule has 2 aromatic rings. The van der Waals surface area contributed by atoms with Crippen molar-refractivity contribution >= 4 is 5.57 Å². The maximum Gasteiger partial charge on any atom is 0.0736 e. The molecule has 0 saturated carbocycles. The molecule has 0 aliphatic heterocycles. The third-order valence-corrected chi connectivity index (χ3v) is 3.75. The van der Waals surface area contributed by atoms with Crippen LogP contribution in [0.1, 0.15) is 42.1 Å². The molecule has 1 aliphatic carbocycles. The molecule has 0 saturated heterocycles. The van der Waals surface area contributed by atoms with E-state index in [9.17, 15) is 0 Å². The summed E-state index contributed by atoms with van der Waals surface area (Å²) >= 11 is 0. The zero-order valence-electron chi connectivity index (χ0n) is 11.4. The standard InChI is InChI=1S/C18H19N/c1-2-3-9-17-16-10-5-4-7-14(16)11-12-15-8-6-13-19-18(15)17/h4-10,13H,2-3,11-12H2,1H3/b17-9+. The molecular formula is C18H19N. The summed E-state index contributed by atoms with van der Waals surface area (Å²) in [6.45, 7) is 2.22. The number of allylic oxidation sites excluding steroid dienone is 1. The second-order valence-electron chi connectivity index (χ2n) is 5.07. The quantitative estimate of drug-likeness (QED) is 0.768. The van der Waals surface area contributed by atoms with Crippen LogP contribution in [0.3, 0.4) is 0 Å². The molecule has 0 fully saturated rings. The second-order valence-corrected chi connectivity index (χ2v) is 5.07. The van der Waals surface area contributed by atoms with Crippen molar-refractivity contribution in [2.24, 2.45) is 0 Å². The average molecular weight is 249 g/mol. The molecule has 1 nitrogen and oxygen atoms in total. The number of aryl methyl sites for hydroxylation is 2. The van der Waals surface area contributed by atoms with Gasteiger partial charge in [-0.15, -0.1) is 0 Å². The van der Waals surface area contributed by atoms with Gasteiger partial charge in [0.25, 0.3) is 0 Å².